The lowest BCUT2D eigenvalue weighted by molar-refractivity contribution is 0.215. The van der Waals surface area contributed by atoms with E-state index in [1.807, 2.05) is 73.7 Å². The number of anilines is 3. The van der Waals surface area contributed by atoms with Crippen molar-refractivity contribution in [3.63, 3.8) is 0 Å². The summed E-state index contributed by atoms with van der Waals surface area (Å²) in [4.78, 5) is 11.9. The van der Waals surface area contributed by atoms with Crippen LogP contribution in [0.4, 0.5) is 21.9 Å². The molecule has 4 nitrogen and oxygen atoms in total. The molecule has 0 radical (unpaired) electrons. The highest BCUT2D eigenvalue weighted by molar-refractivity contribution is 5.86. The average Bonchev–Trinajstić information content (AvgIpc) is 2.57. The molecule has 0 aliphatic heterocycles. The second-order valence-corrected chi connectivity index (χ2v) is 5.40. The summed E-state index contributed by atoms with van der Waals surface area (Å²) in [7, 11) is 0. The van der Waals surface area contributed by atoms with Gasteiger partial charge in [-0.2, -0.15) is 0 Å². The third kappa shape index (κ3) is 4.36. The first-order valence-corrected chi connectivity index (χ1v) is 7.67. The minimum absolute atomic E-state index is 0.485. The molecule has 2 N–H and O–H groups in total. The van der Waals surface area contributed by atoms with Crippen molar-refractivity contribution in [1.29, 1.82) is 0 Å². The Morgan fingerprint density at radius 1 is 0.792 bits per heavy atom. The number of rotatable bonds is 4. The Balaban J connectivity index is 1.58. The SMILES string of the molecule is Cc1cccc(NC(=O)Oc2ccc(Nc3ccccc3)cc2)c1. The normalized spacial score (nSPS) is 10.0. The van der Waals surface area contributed by atoms with E-state index >= 15 is 0 Å². The fourth-order valence-corrected chi connectivity index (χ4v) is 2.27. The van der Waals surface area contributed by atoms with Gasteiger partial charge in [-0.15, -0.1) is 0 Å². The van der Waals surface area contributed by atoms with Crippen molar-refractivity contribution < 1.29 is 9.53 Å². The maximum absolute atomic E-state index is 11.9. The zero-order valence-electron chi connectivity index (χ0n) is 13.3. The number of hydrogen-bond donors (Lipinski definition) is 2. The van der Waals surface area contributed by atoms with E-state index in [4.69, 9.17) is 4.74 Å². The van der Waals surface area contributed by atoms with Crippen molar-refractivity contribution in [3.8, 4) is 5.75 Å². The van der Waals surface area contributed by atoms with Crippen molar-refractivity contribution in [2.75, 3.05) is 10.6 Å². The average molecular weight is 318 g/mol. The summed E-state index contributed by atoms with van der Waals surface area (Å²) in [5, 5.41) is 5.98. The summed E-state index contributed by atoms with van der Waals surface area (Å²) in [5.74, 6) is 0.485. The van der Waals surface area contributed by atoms with E-state index in [0.29, 0.717) is 11.4 Å². The van der Waals surface area contributed by atoms with Crippen LogP contribution in [0, 0.1) is 6.92 Å². The van der Waals surface area contributed by atoms with Gasteiger partial charge in [-0.1, -0.05) is 30.3 Å². The number of amides is 1. The third-order valence-corrected chi connectivity index (χ3v) is 3.39. The van der Waals surface area contributed by atoms with Crippen molar-refractivity contribution in [1.82, 2.24) is 0 Å². The maximum Gasteiger partial charge on any atom is 0.417 e. The topological polar surface area (TPSA) is 50.4 Å². The zero-order valence-corrected chi connectivity index (χ0v) is 13.3. The highest BCUT2D eigenvalue weighted by atomic mass is 16.6. The van der Waals surface area contributed by atoms with Crippen LogP contribution in [-0.4, -0.2) is 6.09 Å². The van der Waals surface area contributed by atoms with E-state index in [0.717, 1.165) is 16.9 Å². The van der Waals surface area contributed by atoms with E-state index in [9.17, 15) is 4.79 Å². The van der Waals surface area contributed by atoms with E-state index < -0.39 is 6.09 Å². The molecule has 24 heavy (non-hydrogen) atoms. The van der Waals surface area contributed by atoms with E-state index in [1.54, 1.807) is 12.1 Å². The Labute approximate surface area is 141 Å². The molecule has 0 spiro atoms. The first kappa shape index (κ1) is 15.6. The Bertz CT molecular complexity index is 815. The van der Waals surface area contributed by atoms with Gasteiger partial charge in [0.15, 0.2) is 0 Å². The number of benzene rings is 3. The molecule has 0 saturated carbocycles. The van der Waals surface area contributed by atoms with E-state index in [1.165, 1.54) is 0 Å². The lowest BCUT2D eigenvalue weighted by Gasteiger charge is -2.09. The fourth-order valence-electron chi connectivity index (χ4n) is 2.27. The van der Waals surface area contributed by atoms with Crippen molar-refractivity contribution in [2.24, 2.45) is 0 Å². The molecule has 0 heterocycles. The summed E-state index contributed by atoms with van der Waals surface area (Å²) >= 11 is 0. The molecule has 0 aromatic heterocycles. The van der Waals surface area contributed by atoms with Gasteiger partial charge in [-0.05, 0) is 61.0 Å². The monoisotopic (exact) mass is 318 g/mol. The second kappa shape index (κ2) is 7.33. The smallest absolute Gasteiger partial charge is 0.410 e. The molecule has 0 unspecified atom stereocenters. The Morgan fingerprint density at radius 2 is 1.46 bits per heavy atom. The molecular weight excluding hydrogens is 300 g/mol. The lowest BCUT2D eigenvalue weighted by atomic mass is 10.2. The van der Waals surface area contributed by atoms with Crippen LogP contribution in [0.5, 0.6) is 5.75 Å². The minimum Gasteiger partial charge on any atom is -0.410 e. The van der Waals surface area contributed by atoms with Crippen LogP contribution in [0.2, 0.25) is 0 Å². The van der Waals surface area contributed by atoms with E-state index in [2.05, 4.69) is 10.6 Å². The molecule has 3 aromatic carbocycles. The Hall–Kier alpha value is -3.27. The number of aryl methyl sites for hydroxylation is 1. The largest absolute Gasteiger partial charge is 0.417 e. The molecule has 1 amide bonds. The molecule has 0 fully saturated rings. The summed E-state index contributed by atoms with van der Waals surface area (Å²) in [6.07, 6.45) is -0.510. The van der Waals surface area contributed by atoms with Crippen LogP contribution < -0.4 is 15.4 Å². The zero-order chi connectivity index (χ0) is 16.8. The number of para-hydroxylation sites is 1. The lowest BCUT2D eigenvalue weighted by Crippen LogP contribution is -2.16. The van der Waals surface area contributed by atoms with Gasteiger partial charge < -0.3 is 10.1 Å². The summed E-state index contributed by atoms with van der Waals surface area (Å²) in [6.45, 7) is 1.97. The van der Waals surface area contributed by atoms with Crippen molar-refractivity contribution in [3.05, 3.63) is 84.4 Å². The van der Waals surface area contributed by atoms with Gasteiger partial charge in [0.1, 0.15) is 5.75 Å². The second-order valence-electron chi connectivity index (χ2n) is 5.40. The molecule has 0 aliphatic rings. The molecule has 120 valence electrons. The van der Waals surface area contributed by atoms with E-state index in [-0.39, 0.29) is 0 Å². The molecular formula is C20H18N2O2. The van der Waals surface area contributed by atoms with Gasteiger partial charge in [0, 0.05) is 17.1 Å². The highest BCUT2D eigenvalue weighted by Gasteiger charge is 2.05. The summed E-state index contributed by atoms with van der Waals surface area (Å²) in [6, 6.07) is 24.7. The maximum atomic E-state index is 11.9. The standard InChI is InChI=1S/C20H18N2O2/c1-15-6-5-9-18(14-15)22-20(23)24-19-12-10-17(11-13-19)21-16-7-3-2-4-8-16/h2-14,21H,1H3,(H,22,23). The Kier molecular flexibility index (Phi) is 4.77. The van der Waals surface area contributed by atoms with Crippen LogP contribution in [0.25, 0.3) is 0 Å². The van der Waals surface area contributed by atoms with Gasteiger partial charge in [0.2, 0.25) is 0 Å². The number of ether oxygens (including phenoxy) is 1. The van der Waals surface area contributed by atoms with Gasteiger partial charge >= 0.3 is 6.09 Å². The molecule has 0 bridgehead atoms. The third-order valence-electron chi connectivity index (χ3n) is 3.39. The molecule has 0 saturated heterocycles. The van der Waals surface area contributed by atoms with Gasteiger partial charge in [-0.25, -0.2) is 4.79 Å². The van der Waals surface area contributed by atoms with Gasteiger partial charge in [0.25, 0.3) is 0 Å². The highest BCUT2D eigenvalue weighted by Crippen LogP contribution is 2.20. The predicted octanol–water partition coefficient (Wildman–Crippen LogP) is 5.35. The van der Waals surface area contributed by atoms with Crippen LogP contribution in [0.15, 0.2) is 78.9 Å². The van der Waals surface area contributed by atoms with Crippen LogP contribution in [-0.2, 0) is 0 Å². The fraction of sp³-hybridized carbons (Fsp3) is 0.0500. The Morgan fingerprint density at radius 3 is 2.17 bits per heavy atom. The first-order valence-electron chi connectivity index (χ1n) is 7.67. The number of hydrogen-bond acceptors (Lipinski definition) is 3. The molecule has 3 aromatic rings. The predicted molar refractivity (Wildman–Crippen MR) is 97.0 cm³/mol. The minimum atomic E-state index is -0.510. The van der Waals surface area contributed by atoms with Gasteiger partial charge in [-0.3, -0.25) is 5.32 Å². The molecule has 4 heteroatoms. The van der Waals surface area contributed by atoms with Crippen LogP contribution in [0.3, 0.4) is 0 Å². The van der Waals surface area contributed by atoms with Crippen molar-refractivity contribution >= 4 is 23.2 Å². The van der Waals surface area contributed by atoms with Crippen LogP contribution in [0.1, 0.15) is 5.56 Å². The quantitative estimate of drug-likeness (QED) is 0.682. The summed E-state index contributed by atoms with van der Waals surface area (Å²) in [5.41, 5.74) is 3.71. The number of carbonyl (C=O) groups excluding carboxylic acids is 1. The number of nitrogens with one attached hydrogen (secondary N) is 2. The molecule has 0 aliphatic carbocycles. The molecule has 3 rings (SSSR count). The van der Waals surface area contributed by atoms with Crippen LogP contribution >= 0.6 is 0 Å². The number of carbonyl (C=O) groups is 1. The van der Waals surface area contributed by atoms with Gasteiger partial charge in [0.05, 0.1) is 0 Å². The van der Waals surface area contributed by atoms with Crippen molar-refractivity contribution in [2.45, 2.75) is 6.92 Å². The molecule has 0 atom stereocenters. The first-order chi connectivity index (χ1) is 11.7. The summed E-state index contributed by atoms with van der Waals surface area (Å²) < 4.78 is 5.29.